The highest BCUT2D eigenvalue weighted by molar-refractivity contribution is 7.89. The van der Waals surface area contributed by atoms with Gasteiger partial charge >= 0.3 is 6.03 Å². The molecule has 0 spiro atoms. The smallest absolute Gasteiger partial charge is 0.610 e. The summed E-state index contributed by atoms with van der Waals surface area (Å²) in [6, 6.07) is 6.01. The number of sulfonamides is 1. The molecule has 0 aromatic heterocycles. The van der Waals surface area contributed by atoms with Gasteiger partial charge in [-0.1, -0.05) is 35.3 Å². The van der Waals surface area contributed by atoms with Crippen molar-refractivity contribution in [1.29, 1.82) is 0 Å². The summed E-state index contributed by atoms with van der Waals surface area (Å²) < 4.78 is 49.5. The van der Waals surface area contributed by atoms with Crippen LogP contribution in [0.4, 0.5) is 13.7 Å². The number of rotatable bonds is 7. The number of amides is 2. The van der Waals surface area contributed by atoms with Gasteiger partial charge in [0.1, 0.15) is 15.8 Å². The number of hydrogen-bond donors (Lipinski definition) is 2. The number of halogens is 3. The molecule has 3 unspecified atom stereocenters. The largest absolute Gasteiger partial charge is 1.00 e. The fourth-order valence-corrected chi connectivity index (χ4v) is 3.08. The summed E-state index contributed by atoms with van der Waals surface area (Å²) in [5.41, 5.74) is 0.447. The summed E-state index contributed by atoms with van der Waals surface area (Å²) in [5, 5.41) is 11.5. The van der Waals surface area contributed by atoms with Crippen molar-refractivity contribution in [3.63, 3.8) is 0 Å². The molecule has 0 saturated carbocycles. The first-order valence-corrected chi connectivity index (χ1v) is 8.52. The summed E-state index contributed by atoms with van der Waals surface area (Å²) in [6.45, 7) is -1.30. The summed E-state index contributed by atoms with van der Waals surface area (Å²) >= 11 is 0. The summed E-state index contributed by atoms with van der Waals surface area (Å²) in [5.74, 6) is -0.611. The van der Waals surface area contributed by atoms with Gasteiger partial charge in [0, 0.05) is 16.5 Å². The molecular formula is C12H17ClF2N5O3S+. The number of nitrogens with zero attached hydrogens (tertiary/aromatic N) is 3. The van der Waals surface area contributed by atoms with Gasteiger partial charge in [-0.05, 0) is 0 Å². The SMILES string of the molecule is NS(=O)(=O)CC(c1ccccc1)[NH+]1N=N[N+](F)(CCCF)C1=O.[Cl-]. The van der Waals surface area contributed by atoms with Gasteiger partial charge in [0.2, 0.25) is 10.0 Å². The second-order valence-corrected chi connectivity index (χ2v) is 6.78. The lowest BCUT2D eigenvalue weighted by Gasteiger charge is -2.16. The standard InChI is InChI=1S/C12H16F2N5O3S.ClH/c13-7-4-8-19(14)12(20)18(16-17-19)11(9-23(15,21)22)10-5-2-1-3-6-10;/h1-3,5-6,11H,4,7-9H2,(H2,15,21,22);1H/q+1;. The fourth-order valence-electron chi connectivity index (χ4n) is 2.26. The molecule has 1 aromatic carbocycles. The Morgan fingerprint density at radius 2 is 1.92 bits per heavy atom. The Bertz CT molecular complexity index is 706. The van der Waals surface area contributed by atoms with Crippen LogP contribution < -0.4 is 22.6 Å². The Balaban J connectivity index is 0.00000288. The number of hydrogen-bond acceptors (Lipinski definition) is 5. The first kappa shape index (κ1) is 20.5. The number of carbonyl (C=O) groups is 1. The average molecular weight is 385 g/mol. The monoisotopic (exact) mass is 384 g/mol. The van der Waals surface area contributed by atoms with Crippen LogP contribution in [0.1, 0.15) is 18.0 Å². The van der Waals surface area contributed by atoms with E-state index in [9.17, 15) is 22.1 Å². The number of primary sulfonamides is 1. The van der Waals surface area contributed by atoms with Crippen LogP contribution in [0, 0.1) is 0 Å². The Hall–Kier alpha value is -1.53. The minimum atomic E-state index is -3.95. The van der Waals surface area contributed by atoms with Crippen molar-refractivity contribution in [1.82, 2.24) is 0 Å². The summed E-state index contributed by atoms with van der Waals surface area (Å²) in [6.07, 6.45) is -0.209. The van der Waals surface area contributed by atoms with Crippen LogP contribution in [0.2, 0.25) is 0 Å². The quantitative estimate of drug-likeness (QED) is 0.503. The highest BCUT2D eigenvalue weighted by atomic mass is 35.5. The molecule has 12 heteroatoms. The predicted octanol–water partition coefficient (Wildman–Crippen LogP) is -2.62. The average Bonchev–Trinajstić information content (AvgIpc) is 2.79. The lowest BCUT2D eigenvalue weighted by Crippen LogP contribution is -3.11. The molecule has 0 radical (unpaired) electrons. The van der Waals surface area contributed by atoms with Gasteiger partial charge < -0.3 is 12.4 Å². The lowest BCUT2D eigenvalue weighted by atomic mass is 10.1. The highest BCUT2D eigenvalue weighted by Crippen LogP contribution is 2.19. The molecule has 8 nitrogen and oxygen atoms in total. The minimum Gasteiger partial charge on any atom is -1.00 e. The maximum Gasteiger partial charge on any atom is 0.610 e. The normalized spacial score (nSPS) is 24.6. The van der Waals surface area contributed by atoms with Crippen molar-refractivity contribution in [3.05, 3.63) is 35.9 Å². The van der Waals surface area contributed by atoms with Crippen molar-refractivity contribution in [3.8, 4) is 0 Å². The molecule has 0 aliphatic carbocycles. The van der Waals surface area contributed by atoms with E-state index in [1.165, 1.54) is 0 Å². The molecule has 1 aromatic rings. The number of benzene rings is 1. The molecular weight excluding hydrogens is 368 g/mol. The van der Waals surface area contributed by atoms with Crippen LogP contribution in [-0.2, 0) is 10.0 Å². The Morgan fingerprint density at radius 1 is 1.29 bits per heavy atom. The molecule has 0 bridgehead atoms. The van der Waals surface area contributed by atoms with Crippen molar-refractivity contribution in [2.45, 2.75) is 12.5 Å². The maximum absolute atomic E-state index is 14.4. The van der Waals surface area contributed by atoms with E-state index in [-0.39, 0.29) is 23.8 Å². The summed E-state index contributed by atoms with van der Waals surface area (Å²) in [4.78, 5) is 10.3. The number of nitrogens with one attached hydrogen (secondary N) is 1. The van der Waals surface area contributed by atoms with E-state index in [4.69, 9.17) is 5.14 Å². The van der Waals surface area contributed by atoms with Gasteiger partial charge in [0.15, 0.2) is 12.6 Å². The fraction of sp³-hybridized carbons (Fsp3) is 0.417. The first-order chi connectivity index (χ1) is 10.8. The van der Waals surface area contributed by atoms with Crippen LogP contribution >= 0.6 is 0 Å². The van der Waals surface area contributed by atoms with Gasteiger partial charge in [-0.3, -0.25) is 4.39 Å². The molecule has 134 valence electrons. The zero-order valence-corrected chi connectivity index (χ0v) is 14.1. The van der Waals surface area contributed by atoms with Crippen molar-refractivity contribution in [2.75, 3.05) is 19.0 Å². The molecule has 1 aliphatic rings. The number of carbonyl (C=O) groups excluding carboxylic acids is 1. The molecule has 1 aliphatic heterocycles. The van der Waals surface area contributed by atoms with Gasteiger partial charge in [-0.2, -0.15) is 4.79 Å². The zero-order valence-electron chi connectivity index (χ0n) is 12.5. The van der Waals surface area contributed by atoms with Gasteiger partial charge in [-0.15, -0.1) is 0 Å². The molecule has 2 rings (SSSR count). The van der Waals surface area contributed by atoms with Crippen LogP contribution in [0.3, 0.4) is 0 Å². The van der Waals surface area contributed by atoms with Gasteiger partial charge in [-0.25, -0.2) is 13.6 Å². The minimum absolute atomic E-state index is 0. The first-order valence-electron chi connectivity index (χ1n) is 6.81. The molecule has 3 N–H and O–H groups in total. The van der Waals surface area contributed by atoms with E-state index in [1.54, 1.807) is 30.3 Å². The third-order valence-corrected chi connectivity index (χ3v) is 4.14. The molecule has 3 atom stereocenters. The molecule has 0 fully saturated rings. The third kappa shape index (κ3) is 4.74. The highest BCUT2D eigenvalue weighted by Gasteiger charge is 2.59. The van der Waals surface area contributed by atoms with E-state index in [0.29, 0.717) is 5.56 Å². The zero-order chi connectivity index (χ0) is 17.1. The van der Waals surface area contributed by atoms with Crippen molar-refractivity contribution < 1.29 is 44.3 Å². The second-order valence-electron chi connectivity index (χ2n) is 5.12. The van der Waals surface area contributed by atoms with Crippen LogP contribution in [0.5, 0.6) is 0 Å². The Morgan fingerprint density at radius 3 is 2.46 bits per heavy atom. The molecule has 24 heavy (non-hydrogen) atoms. The van der Waals surface area contributed by atoms with E-state index < -0.39 is 45.9 Å². The second kappa shape index (κ2) is 8.03. The topological polar surface area (TPSA) is 106 Å². The van der Waals surface area contributed by atoms with Crippen LogP contribution in [0.25, 0.3) is 0 Å². The van der Waals surface area contributed by atoms with Crippen molar-refractivity contribution >= 4 is 16.1 Å². The third-order valence-electron chi connectivity index (χ3n) is 3.34. The van der Waals surface area contributed by atoms with E-state index >= 15 is 0 Å². The van der Waals surface area contributed by atoms with E-state index in [2.05, 4.69) is 10.4 Å². The Kier molecular flexibility index (Phi) is 6.86. The van der Waals surface area contributed by atoms with E-state index in [0.717, 1.165) is 0 Å². The number of nitrogens with two attached hydrogens (primary N) is 1. The van der Waals surface area contributed by atoms with Gasteiger partial charge in [0.05, 0.1) is 11.9 Å². The molecule has 2 amide bonds. The van der Waals surface area contributed by atoms with Crippen LogP contribution in [-0.4, -0.2) is 38.2 Å². The predicted molar refractivity (Wildman–Crippen MR) is 75.2 cm³/mol. The number of urea groups is 1. The number of alkyl halides is 1. The maximum atomic E-state index is 14.4. The Labute approximate surface area is 143 Å². The van der Waals surface area contributed by atoms with Crippen LogP contribution in [0.15, 0.2) is 40.8 Å². The summed E-state index contributed by atoms with van der Waals surface area (Å²) in [7, 11) is -3.95. The van der Waals surface area contributed by atoms with Crippen molar-refractivity contribution in [2.24, 2.45) is 15.6 Å². The van der Waals surface area contributed by atoms with Gasteiger partial charge in [0.25, 0.3) is 0 Å². The molecule has 0 saturated heterocycles. The lowest BCUT2D eigenvalue weighted by molar-refractivity contribution is -1.03. The van der Waals surface area contributed by atoms with E-state index in [1.807, 2.05) is 0 Å². The molecule has 1 heterocycles. The number of quaternary nitrogens is 2.